The van der Waals surface area contributed by atoms with Gasteiger partial charge in [-0.05, 0) is 36.8 Å². The largest absolute Gasteiger partial charge is 0.493 e. The van der Waals surface area contributed by atoms with E-state index in [1.807, 2.05) is 37.3 Å². The van der Waals surface area contributed by atoms with Gasteiger partial charge in [0.15, 0.2) is 11.5 Å². The van der Waals surface area contributed by atoms with Crippen LogP contribution in [0.1, 0.15) is 17.5 Å². The fourth-order valence-corrected chi connectivity index (χ4v) is 3.25. The van der Waals surface area contributed by atoms with Crippen molar-refractivity contribution in [3.05, 3.63) is 57.1 Å². The van der Waals surface area contributed by atoms with Crippen LogP contribution in [0.4, 0.5) is 5.69 Å². The van der Waals surface area contributed by atoms with Crippen LogP contribution in [0.25, 0.3) is 22.4 Å². The number of benzene rings is 2. The molecule has 0 unspecified atom stereocenters. The molecule has 0 amide bonds. The summed E-state index contributed by atoms with van der Waals surface area (Å²) >= 11 is 1.41. The minimum atomic E-state index is -0.402. The number of nitrogens with zero attached hydrogens (tertiary/aromatic N) is 2. The van der Waals surface area contributed by atoms with E-state index >= 15 is 0 Å². The maximum Gasteiger partial charge on any atom is 0.270 e. The number of nitro benzene ring substituents is 1. The zero-order valence-electron chi connectivity index (χ0n) is 13.8. The molecule has 128 valence electrons. The first-order chi connectivity index (χ1) is 12.1. The van der Waals surface area contributed by atoms with Crippen molar-refractivity contribution >= 4 is 39.4 Å². The fourth-order valence-electron chi connectivity index (χ4n) is 2.35. The summed E-state index contributed by atoms with van der Waals surface area (Å²) < 4.78 is 11.6. The lowest BCUT2D eigenvalue weighted by atomic mass is 10.2. The lowest BCUT2D eigenvalue weighted by Gasteiger charge is -2.09. The molecule has 0 aliphatic heterocycles. The predicted molar refractivity (Wildman–Crippen MR) is 99.4 cm³/mol. The summed E-state index contributed by atoms with van der Waals surface area (Å²) in [6.07, 6.45) is 3.80. The van der Waals surface area contributed by atoms with Crippen LogP contribution in [0.2, 0.25) is 0 Å². The third-order valence-electron chi connectivity index (χ3n) is 3.51. The van der Waals surface area contributed by atoms with Gasteiger partial charge in [0, 0.05) is 12.1 Å². The van der Waals surface area contributed by atoms with E-state index in [2.05, 4.69) is 4.98 Å². The number of rotatable bonds is 6. The van der Waals surface area contributed by atoms with E-state index in [0.29, 0.717) is 18.1 Å². The molecule has 0 spiro atoms. The van der Waals surface area contributed by atoms with E-state index in [9.17, 15) is 10.1 Å². The zero-order valence-corrected chi connectivity index (χ0v) is 14.6. The molecule has 0 saturated heterocycles. The average molecular weight is 356 g/mol. The molecule has 3 rings (SSSR count). The smallest absolute Gasteiger partial charge is 0.270 e. The van der Waals surface area contributed by atoms with Gasteiger partial charge in [-0.3, -0.25) is 10.1 Å². The van der Waals surface area contributed by atoms with Gasteiger partial charge in [0.1, 0.15) is 5.01 Å². The van der Waals surface area contributed by atoms with Crippen molar-refractivity contribution in [3.8, 4) is 11.5 Å². The van der Waals surface area contributed by atoms with Crippen LogP contribution in [0.15, 0.2) is 36.4 Å². The summed E-state index contributed by atoms with van der Waals surface area (Å²) in [5.74, 6) is 1.37. The number of ether oxygens (including phenoxy) is 2. The van der Waals surface area contributed by atoms with E-state index in [-0.39, 0.29) is 5.69 Å². The van der Waals surface area contributed by atoms with Crippen LogP contribution in [0.5, 0.6) is 11.5 Å². The standard InChI is InChI=1S/C18H16N2O4S/c1-3-24-15-8-4-12(10-16(15)23-2)5-9-18-19-14-7-6-13(20(21)22)11-17(14)25-18/h4-11H,3H2,1-2H3/b9-5-. The molecule has 0 radical (unpaired) electrons. The van der Waals surface area contributed by atoms with Crippen molar-refractivity contribution in [2.45, 2.75) is 6.92 Å². The van der Waals surface area contributed by atoms with Gasteiger partial charge in [0.2, 0.25) is 0 Å². The number of hydrogen-bond donors (Lipinski definition) is 0. The Hall–Kier alpha value is -2.93. The third kappa shape index (κ3) is 3.77. The Kier molecular flexibility index (Phi) is 4.95. The second kappa shape index (κ2) is 7.31. The summed E-state index contributed by atoms with van der Waals surface area (Å²) in [4.78, 5) is 14.9. The fraction of sp³-hybridized carbons (Fsp3) is 0.167. The molecule has 0 N–H and O–H groups in total. The molecule has 0 saturated carbocycles. The number of thiazole rings is 1. The quantitative estimate of drug-likeness (QED) is 0.469. The molecule has 6 nitrogen and oxygen atoms in total. The van der Waals surface area contributed by atoms with E-state index in [0.717, 1.165) is 20.8 Å². The molecule has 7 heteroatoms. The summed E-state index contributed by atoms with van der Waals surface area (Å²) in [5, 5.41) is 11.6. The Bertz CT molecular complexity index is 949. The lowest BCUT2D eigenvalue weighted by Crippen LogP contribution is -1.95. The van der Waals surface area contributed by atoms with Crippen molar-refractivity contribution in [2.75, 3.05) is 13.7 Å². The van der Waals surface area contributed by atoms with Gasteiger partial charge in [-0.2, -0.15) is 0 Å². The molecular formula is C18H16N2O4S. The second-order valence-corrected chi connectivity index (χ2v) is 6.20. The maximum absolute atomic E-state index is 10.9. The zero-order chi connectivity index (χ0) is 17.8. The molecule has 2 aromatic carbocycles. The van der Waals surface area contributed by atoms with Crippen LogP contribution in [-0.4, -0.2) is 23.6 Å². The highest BCUT2D eigenvalue weighted by molar-refractivity contribution is 7.19. The van der Waals surface area contributed by atoms with Crippen molar-refractivity contribution < 1.29 is 14.4 Å². The Morgan fingerprint density at radius 2 is 2.04 bits per heavy atom. The van der Waals surface area contributed by atoms with E-state index in [1.165, 1.54) is 17.4 Å². The van der Waals surface area contributed by atoms with Crippen molar-refractivity contribution in [1.82, 2.24) is 4.98 Å². The van der Waals surface area contributed by atoms with E-state index in [1.54, 1.807) is 19.2 Å². The van der Waals surface area contributed by atoms with Crippen molar-refractivity contribution in [2.24, 2.45) is 0 Å². The highest BCUT2D eigenvalue weighted by Gasteiger charge is 2.09. The molecule has 0 aliphatic carbocycles. The number of aromatic nitrogens is 1. The molecule has 25 heavy (non-hydrogen) atoms. The van der Waals surface area contributed by atoms with Crippen LogP contribution in [0, 0.1) is 10.1 Å². The molecular weight excluding hydrogens is 340 g/mol. The Morgan fingerprint density at radius 1 is 1.20 bits per heavy atom. The summed E-state index contributed by atoms with van der Waals surface area (Å²) in [5.41, 5.74) is 1.77. The maximum atomic E-state index is 10.9. The number of fused-ring (bicyclic) bond motifs is 1. The van der Waals surface area contributed by atoms with Gasteiger partial charge in [0.05, 0.1) is 28.9 Å². The predicted octanol–water partition coefficient (Wildman–Crippen LogP) is 4.78. The molecule has 0 aliphatic rings. The lowest BCUT2D eigenvalue weighted by molar-refractivity contribution is -0.384. The molecule has 0 atom stereocenters. The molecule has 1 heterocycles. The number of non-ortho nitro benzene ring substituents is 1. The number of methoxy groups -OCH3 is 1. The minimum absolute atomic E-state index is 0.0722. The average Bonchev–Trinajstić information content (AvgIpc) is 3.03. The van der Waals surface area contributed by atoms with Gasteiger partial charge in [-0.1, -0.05) is 12.1 Å². The second-order valence-electron chi connectivity index (χ2n) is 5.14. The Labute approximate surface area is 148 Å². The van der Waals surface area contributed by atoms with Gasteiger partial charge >= 0.3 is 0 Å². The Morgan fingerprint density at radius 3 is 2.76 bits per heavy atom. The first kappa shape index (κ1) is 16.9. The van der Waals surface area contributed by atoms with Gasteiger partial charge in [-0.25, -0.2) is 4.98 Å². The van der Waals surface area contributed by atoms with Crippen LogP contribution in [0.3, 0.4) is 0 Å². The van der Waals surface area contributed by atoms with Crippen LogP contribution in [-0.2, 0) is 0 Å². The normalized spacial score (nSPS) is 11.1. The summed E-state index contributed by atoms with van der Waals surface area (Å²) in [6, 6.07) is 10.4. The van der Waals surface area contributed by atoms with Crippen molar-refractivity contribution in [1.29, 1.82) is 0 Å². The Balaban J connectivity index is 1.86. The number of nitro groups is 1. The molecule has 0 bridgehead atoms. The third-order valence-corrected chi connectivity index (χ3v) is 4.49. The number of hydrogen-bond acceptors (Lipinski definition) is 6. The summed E-state index contributed by atoms with van der Waals surface area (Å²) in [7, 11) is 1.60. The van der Waals surface area contributed by atoms with Crippen LogP contribution < -0.4 is 9.47 Å². The first-order valence-electron chi connectivity index (χ1n) is 7.64. The van der Waals surface area contributed by atoms with E-state index < -0.39 is 4.92 Å². The van der Waals surface area contributed by atoms with E-state index in [4.69, 9.17) is 9.47 Å². The summed E-state index contributed by atoms with van der Waals surface area (Å²) in [6.45, 7) is 2.49. The SMILES string of the molecule is CCOc1ccc(/C=C\c2nc3ccc([N+](=O)[O-])cc3s2)cc1OC. The topological polar surface area (TPSA) is 74.5 Å². The highest BCUT2D eigenvalue weighted by atomic mass is 32.1. The van der Waals surface area contributed by atoms with Gasteiger partial charge < -0.3 is 9.47 Å². The first-order valence-corrected chi connectivity index (χ1v) is 8.46. The highest BCUT2D eigenvalue weighted by Crippen LogP contribution is 2.30. The molecule has 3 aromatic rings. The van der Waals surface area contributed by atoms with Crippen LogP contribution >= 0.6 is 11.3 Å². The minimum Gasteiger partial charge on any atom is -0.493 e. The molecule has 0 fully saturated rings. The monoisotopic (exact) mass is 356 g/mol. The van der Waals surface area contributed by atoms with Crippen molar-refractivity contribution in [3.63, 3.8) is 0 Å². The van der Waals surface area contributed by atoms with Gasteiger partial charge in [-0.15, -0.1) is 11.3 Å². The molecule has 1 aromatic heterocycles. The van der Waals surface area contributed by atoms with Gasteiger partial charge in [0.25, 0.3) is 5.69 Å².